The molecule has 26 heavy (non-hydrogen) atoms. The number of hydrogen-bond donors (Lipinski definition) is 1. The van der Waals surface area contributed by atoms with Gasteiger partial charge in [0, 0.05) is 13.1 Å². The van der Waals surface area contributed by atoms with Gasteiger partial charge >= 0.3 is 0 Å². The van der Waals surface area contributed by atoms with E-state index in [0.717, 1.165) is 6.42 Å². The Morgan fingerprint density at radius 1 is 1.35 bits per heavy atom. The molecule has 1 N–H and O–H groups in total. The van der Waals surface area contributed by atoms with Crippen molar-refractivity contribution >= 4 is 40.1 Å². The summed E-state index contributed by atoms with van der Waals surface area (Å²) in [7, 11) is 0. The average molecular weight is 401 g/mol. The number of aromatic nitrogens is 3. The summed E-state index contributed by atoms with van der Waals surface area (Å²) in [6.45, 7) is 6.58. The van der Waals surface area contributed by atoms with E-state index in [4.69, 9.17) is 16.3 Å². The van der Waals surface area contributed by atoms with Crippen molar-refractivity contribution < 1.29 is 14.2 Å². The zero-order valence-corrected chi connectivity index (χ0v) is 16.8. The van der Waals surface area contributed by atoms with Gasteiger partial charge in [0.25, 0.3) is 0 Å². The van der Waals surface area contributed by atoms with Crippen LogP contribution in [0.15, 0.2) is 5.16 Å². The van der Waals surface area contributed by atoms with Crippen molar-refractivity contribution in [3.63, 3.8) is 0 Å². The Morgan fingerprint density at radius 3 is 2.69 bits per heavy atom. The van der Waals surface area contributed by atoms with Crippen molar-refractivity contribution in [1.82, 2.24) is 15.0 Å². The van der Waals surface area contributed by atoms with Gasteiger partial charge in [0.15, 0.2) is 16.1 Å². The van der Waals surface area contributed by atoms with Crippen molar-refractivity contribution in [1.29, 1.82) is 0 Å². The van der Waals surface area contributed by atoms with Gasteiger partial charge in [-0.2, -0.15) is 4.98 Å². The van der Waals surface area contributed by atoms with E-state index < -0.39 is 11.4 Å². The highest BCUT2D eigenvalue weighted by molar-refractivity contribution is 7.98. The lowest BCUT2D eigenvalue weighted by Gasteiger charge is -2.38. The van der Waals surface area contributed by atoms with Crippen molar-refractivity contribution in [3.05, 3.63) is 11.0 Å². The average Bonchev–Trinajstić information content (AvgIpc) is 2.57. The van der Waals surface area contributed by atoms with Gasteiger partial charge in [-0.3, -0.25) is 0 Å². The van der Waals surface area contributed by atoms with Gasteiger partial charge in [-0.1, -0.05) is 23.4 Å². The highest BCUT2D eigenvalue weighted by Gasteiger charge is 2.32. The van der Waals surface area contributed by atoms with Crippen LogP contribution >= 0.6 is 23.4 Å². The second kappa shape index (κ2) is 7.32. The normalized spacial score (nSPS) is 20.8. The molecule has 0 bridgehead atoms. The minimum atomic E-state index is -0.841. The summed E-state index contributed by atoms with van der Waals surface area (Å²) in [6, 6.07) is 0. The number of piperidine rings is 1. The molecular weight excluding hydrogens is 379 g/mol. The number of pyridine rings is 1. The van der Waals surface area contributed by atoms with E-state index in [1.165, 1.54) is 11.8 Å². The lowest BCUT2D eigenvalue weighted by molar-refractivity contribution is 0.0447. The SMILES string of the molecule is CSc1nc(N2CCC[C@@](C)(O)C2)c2c(OC(C)C)nc(Cl)c(F)c2n1. The summed E-state index contributed by atoms with van der Waals surface area (Å²) in [6.07, 6.45) is 3.15. The molecule has 3 rings (SSSR count). The van der Waals surface area contributed by atoms with Gasteiger partial charge in [0.05, 0.1) is 11.7 Å². The summed E-state index contributed by atoms with van der Waals surface area (Å²) >= 11 is 7.28. The molecule has 0 radical (unpaired) electrons. The van der Waals surface area contributed by atoms with E-state index in [2.05, 4.69) is 15.0 Å². The number of thioether (sulfide) groups is 1. The zero-order chi connectivity index (χ0) is 19.1. The topological polar surface area (TPSA) is 71.4 Å². The van der Waals surface area contributed by atoms with Crippen LogP contribution in [0, 0.1) is 5.82 Å². The number of β-amino-alcohol motifs (C(OH)–C–C–N with tert-alkyl or cyclic N) is 1. The van der Waals surface area contributed by atoms with Crippen LogP contribution in [0.2, 0.25) is 5.15 Å². The van der Waals surface area contributed by atoms with Gasteiger partial charge < -0.3 is 14.7 Å². The number of hydrogen-bond acceptors (Lipinski definition) is 7. The molecule has 1 aliphatic rings. The quantitative estimate of drug-likeness (QED) is 0.476. The lowest BCUT2D eigenvalue weighted by Crippen LogP contribution is -2.46. The maximum absolute atomic E-state index is 14.7. The zero-order valence-electron chi connectivity index (χ0n) is 15.2. The Bertz CT molecular complexity index is 834. The Kier molecular flexibility index (Phi) is 5.46. The fourth-order valence-corrected chi connectivity index (χ4v) is 3.63. The second-order valence-corrected chi connectivity index (χ2v) is 8.10. The summed E-state index contributed by atoms with van der Waals surface area (Å²) in [4.78, 5) is 14.9. The molecule has 0 aliphatic carbocycles. The number of nitrogens with zero attached hydrogens (tertiary/aromatic N) is 4. The molecule has 0 unspecified atom stereocenters. The van der Waals surface area contributed by atoms with Crippen LogP contribution in [0.3, 0.4) is 0 Å². The maximum Gasteiger partial charge on any atom is 0.228 e. The summed E-state index contributed by atoms with van der Waals surface area (Å²) in [5, 5.41) is 11.0. The van der Waals surface area contributed by atoms with E-state index in [1.54, 1.807) is 6.92 Å². The minimum absolute atomic E-state index is 0.0835. The fourth-order valence-electron chi connectivity index (χ4n) is 3.11. The van der Waals surface area contributed by atoms with Gasteiger partial charge in [0.1, 0.15) is 16.7 Å². The number of anilines is 1. The van der Waals surface area contributed by atoms with Crippen LogP contribution < -0.4 is 9.64 Å². The molecule has 0 amide bonds. The molecule has 1 fully saturated rings. The van der Waals surface area contributed by atoms with Crippen molar-refractivity contribution in [2.75, 3.05) is 24.2 Å². The van der Waals surface area contributed by atoms with Crippen LogP contribution in [0.1, 0.15) is 33.6 Å². The number of halogens is 2. The first-order chi connectivity index (χ1) is 12.2. The number of ether oxygens (including phenoxy) is 1. The molecule has 0 saturated carbocycles. The van der Waals surface area contributed by atoms with Gasteiger partial charge in [-0.25, -0.2) is 14.4 Å². The van der Waals surface area contributed by atoms with Gasteiger partial charge in [-0.05, 0) is 39.9 Å². The number of fused-ring (bicyclic) bond motifs is 1. The molecule has 1 aliphatic heterocycles. The molecule has 1 atom stereocenters. The summed E-state index contributed by atoms with van der Waals surface area (Å²) in [5.74, 6) is 0.0211. The third-order valence-electron chi connectivity index (χ3n) is 4.18. The standard InChI is InChI=1S/C17H22ClFN4O2S/c1-9(2)25-15-10-12(11(19)13(18)21-15)20-16(26-4)22-14(10)23-7-5-6-17(3,24)8-23/h9,24H,5-8H2,1-4H3/t17-/m1/s1. The van der Waals surface area contributed by atoms with Crippen LogP contribution in [0.25, 0.3) is 10.9 Å². The van der Waals surface area contributed by atoms with Crippen LogP contribution in [-0.4, -0.2) is 51.1 Å². The fraction of sp³-hybridized carbons (Fsp3) is 0.588. The smallest absolute Gasteiger partial charge is 0.228 e. The Morgan fingerprint density at radius 2 is 2.08 bits per heavy atom. The Labute approximate surface area is 161 Å². The molecule has 2 aromatic heterocycles. The monoisotopic (exact) mass is 400 g/mol. The van der Waals surface area contributed by atoms with Crippen molar-refractivity contribution in [3.8, 4) is 5.88 Å². The maximum atomic E-state index is 14.7. The van der Waals surface area contributed by atoms with Crippen LogP contribution in [0.5, 0.6) is 5.88 Å². The first kappa shape index (κ1) is 19.4. The van der Waals surface area contributed by atoms with E-state index in [1.807, 2.05) is 25.0 Å². The largest absolute Gasteiger partial charge is 0.474 e. The summed E-state index contributed by atoms with van der Waals surface area (Å²) < 4.78 is 20.5. The predicted octanol–water partition coefficient (Wildman–Crippen LogP) is 3.68. The van der Waals surface area contributed by atoms with Gasteiger partial charge in [-0.15, -0.1) is 0 Å². The molecule has 0 aromatic carbocycles. The first-order valence-corrected chi connectivity index (χ1v) is 10.1. The van der Waals surface area contributed by atoms with E-state index in [9.17, 15) is 9.50 Å². The van der Waals surface area contributed by atoms with E-state index in [0.29, 0.717) is 35.9 Å². The molecule has 6 nitrogen and oxygen atoms in total. The lowest BCUT2D eigenvalue weighted by atomic mass is 9.95. The number of aliphatic hydroxyl groups is 1. The second-order valence-electron chi connectivity index (χ2n) is 6.97. The molecular formula is C17H22ClFN4O2S. The van der Waals surface area contributed by atoms with Crippen molar-refractivity contribution in [2.45, 2.75) is 50.5 Å². The molecule has 0 spiro atoms. The highest BCUT2D eigenvalue weighted by Crippen LogP contribution is 2.38. The summed E-state index contributed by atoms with van der Waals surface area (Å²) in [5.41, 5.74) is -0.757. The van der Waals surface area contributed by atoms with E-state index >= 15 is 0 Å². The van der Waals surface area contributed by atoms with Crippen LogP contribution in [0.4, 0.5) is 10.2 Å². The predicted molar refractivity (Wildman–Crippen MR) is 102 cm³/mol. The third kappa shape index (κ3) is 3.82. The third-order valence-corrected chi connectivity index (χ3v) is 4.97. The highest BCUT2D eigenvalue weighted by atomic mass is 35.5. The minimum Gasteiger partial charge on any atom is -0.474 e. The molecule has 1 saturated heterocycles. The Hall–Kier alpha value is -1.38. The van der Waals surface area contributed by atoms with Crippen molar-refractivity contribution in [2.24, 2.45) is 0 Å². The molecule has 142 valence electrons. The van der Waals surface area contributed by atoms with Gasteiger partial charge in [0.2, 0.25) is 5.88 Å². The van der Waals surface area contributed by atoms with E-state index in [-0.39, 0.29) is 22.7 Å². The number of rotatable bonds is 4. The van der Waals surface area contributed by atoms with Crippen LogP contribution in [-0.2, 0) is 0 Å². The molecule has 3 heterocycles. The Balaban J connectivity index is 2.27. The first-order valence-electron chi connectivity index (χ1n) is 8.46. The molecule has 9 heteroatoms. The molecule has 2 aromatic rings.